The largest absolute Gasteiger partial charge is 0.469 e. The lowest BCUT2D eigenvalue weighted by atomic mass is 10.0. The highest BCUT2D eigenvalue weighted by molar-refractivity contribution is 6.01. The molecule has 1 atom stereocenters. The van der Waals surface area contributed by atoms with Gasteiger partial charge >= 0.3 is 5.97 Å². The number of hydrogen-bond donors (Lipinski definition) is 0. The molecule has 0 N–H and O–H groups in total. The van der Waals surface area contributed by atoms with Crippen molar-refractivity contribution in [3.05, 3.63) is 35.1 Å². The minimum Gasteiger partial charge on any atom is -0.469 e. The standard InChI is InChI=1S/C13H11FN2O3/c1-18-13(17)6-9-5-12(16-19-9)10-3-2-8(7-15)4-11(10)14/h2-4,9H,5-6H2,1H3. The molecule has 0 aliphatic carbocycles. The SMILES string of the molecule is COC(=O)CC1CC(c2ccc(C#N)cc2F)=NO1. The van der Waals surface area contributed by atoms with Crippen molar-refractivity contribution in [1.29, 1.82) is 5.26 Å². The Morgan fingerprint density at radius 3 is 3.11 bits per heavy atom. The van der Waals surface area contributed by atoms with E-state index in [-0.39, 0.29) is 17.5 Å². The van der Waals surface area contributed by atoms with E-state index in [4.69, 9.17) is 10.1 Å². The van der Waals surface area contributed by atoms with E-state index in [1.807, 2.05) is 6.07 Å². The summed E-state index contributed by atoms with van der Waals surface area (Å²) in [6, 6.07) is 5.99. The van der Waals surface area contributed by atoms with E-state index in [1.165, 1.54) is 19.2 Å². The van der Waals surface area contributed by atoms with Gasteiger partial charge in [0.05, 0.1) is 30.9 Å². The first-order chi connectivity index (χ1) is 9.13. The maximum Gasteiger partial charge on any atom is 0.309 e. The molecule has 0 saturated carbocycles. The van der Waals surface area contributed by atoms with E-state index in [0.717, 1.165) is 6.07 Å². The summed E-state index contributed by atoms with van der Waals surface area (Å²) in [4.78, 5) is 16.2. The van der Waals surface area contributed by atoms with E-state index < -0.39 is 17.9 Å². The molecule has 1 heterocycles. The van der Waals surface area contributed by atoms with Gasteiger partial charge in [-0.15, -0.1) is 0 Å². The fourth-order valence-electron chi connectivity index (χ4n) is 1.78. The minimum absolute atomic E-state index is 0.0708. The number of carbonyl (C=O) groups excluding carboxylic acids is 1. The number of esters is 1. The number of nitrogens with zero attached hydrogens (tertiary/aromatic N) is 2. The summed E-state index contributed by atoms with van der Waals surface area (Å²) in [5.74, 6) is -0.929. The van der Waals surface area contributed by atoms with Gasteiger partial charge in [0.25, 0.3) is 0 Å². The Morgan fingerprint density at radius 2 is 2.47 bits per heavy atom. The molecule has 0 bridgehead atoms. The van der Waals surface area contributed by atoms with Gasteiger partial charge in [-0.25, -0.2) is 4.39 Å². The Kier molecular flexibility index (Phi) is 3.76. The number of benzene rings is 1. The zero-order valence-electron chi connectivity index (χ0n) is 10.2. The highest BCUT2D eigenvalue weighted by atomic mass is 19.1. The molecule has 2 rings (SSSR count). The molecule has 1 aromatic carbocycles. The third kappa shape index (κ3) is 2.88. The molecule has 0 radical (unpaired) electrons. The fourth-order valence-corrected chi connectivity index (χ4v) is 1.78. The lowest BCUT2D eigenvalue weighted by Gasteiger charge is -2.05. The van der Waals surface area contributed by atoms with Gasteiger partial charge in [0.2, 0.25) is 0 Å². The van der Waals surface area contributed by atoms with Crippen LogP contribution in [0, 0.1) is 17.1 Å². The summed E-state index contributed by atoms with van der Waals surface area (Å²) in [5, 5.41) is 12.4. The first-order valence-electron chi connectivity index (χ1n) is 5.63. The number of halogens is 1. The molecule has 1 aliphatic rings. The first kappa shape index (κ1) is 13.0. The first-order valence-corrected chi connectivity index (χ1v) is 5.63. The minimum atomic E-state index is -0.528. The van der Waals surface area contributed by atoms with Crippen molar-refractivity contribution in [2.45, 2.75) is 18.9 Å². The highest BCUT2D eigenvalue weighted by Gasteiger charge is 2.26. The van der Waals surface area contributed by atoms with Crippen molar-refractivity contribution in [2.75, 3.05) is 7.11 Å². The van der Waals surface area contributed by atoms with Crippen molar-refractivity contribution in [2.24, 2.45) is 5.16 Å². The van der Waals surface area contributed by atoms with Crippen molar-refractivity contribution in [3.63, 3.8) is 0 Å². The maximum absolute atomic E-state index is 13.8. The van der Waals surface area contributed by atoms with Crippen molar-refractivity contribution in [3.8, 4) is 6.07 Å². The van der Waals surface area contributed by atoms with Crippen LogP contribution in [-0.2, 0) is 14.4 Å². The van der Waals surface area contributed by atoms with Crippen LogP contribution in [0.1, 0.15) is 24.0 Å². The van der Waals surface area contributed by atoms with E-state index in [1.54, 1.807) is 0 Å². The number of nitriles is 1. The number of oxime groups is 1. The normalized spacial score (nSPS) is 17.3. The summed E-state index contributed by atoms with van der Waals surface area (Å²) >= 11 is 0. The monoisotopic (exact) mass is 262 g/mol. The van der Waals surface area contributed by atoms with Crippen LogP contribution in [0.15, 0.2) is 23.4 Å². The van der Waals surface area contributed by atoms with Gasteiger partial charge in [-0.1, -0.05) is 5.16 Å². The Bertz CT molecular complexity index is 578. The van der Waals surface area contributed by atoms with E-state index in [9.17, 15) is 9.18 Å². The number of rotatable bonds is 3. The molecular formula is C13H11FN2O3. The number of carbonyl (C=O) groups is 1. The second kappa shape index (κ2) is 5.48. The fraction of sp³-hybridized carbons (Fsp3) is 0.308. The topological polar surface area (TPSA) is 71.7 Å². The van der Waals surface area contributed by atoms with Gasteiger partial charge in [-0.05, 0) is 18.2 Å². The maximum atomic E-state index is 13.8. The van der Waals surface area contributed by atoms with Gasteiger partial charge in [0.15, 0.2) is 0 Å². The summed E-state index contributed by atoms with van der Waals surface area (Å²) in [6.07, 6.45) is -0.0308. The predicted octanol–water partition coefficient (Wildman–Crippen LogP) is 1.75. The molecule has 0 fully saturated rings. The summed E-state index contributed by atoms with van der Waals surface area (Å²) in [7, 11) is 1.29. The predicted molar refractivity (Wildman–Crippen MR) is 63.8 cm³/mol. The van der Waals surface area contributed by atoms with Crippen molar-refractivity contribution < 1.29 is 18.8 Å². The third-order valence-corrected chi connectivity index (χ3v) is 2.76. The molecule has 1 aromatic rings. The second-order valence-electron chi connectivity index (χ2n) is 4.06. The van der Waals surface area contributed by atoms with Crippen LogP contribution in [0.3, 0.4) is 0 Å². The van der Waals surface area contributed by atoms with Crippen LogP contribution in [0.5, 0.6) is 0 Å². The molecule has 19 heavy (non-hydrogen) atoms. The Balaban J connectivity index is 2.09. The van der Waals surface area contributed by atoms with Crippen LogP contribution in [-0.4, -0.2) is 24.9 Å². The van der Waals surface area contributed by atoms with E-state index in [0.29, 0.717) is 12.1 Å². The number of ether oxygens (including phenoxy) is 1. The smallest absolute Gasteiger partial charge is 0.309 e. The van der Waals surface area contributed by atoms with Crippen molar-refractivity contribution in [1.82, 2.24) is 0 Å². The Morgan fingerprint density at radius 1 is 1.68 bits per heavy atom. The molecule has 0 amide bonds. The zero-order valence-corrected chi connectivity index (χ0v) is 10.2. The van der Waals surface area contributed by atoms with Crippen LogP contribution in [0.2, 0.25) is 0 Å². The average molecular weight is 262 g/mol. The molecular weight excluding hydrogens is 251 g/mol. The quantitative estimate of drug-likeness (QED) is 0.778. The molecule has 1 unspecified atom stereocenters. The number of methoxy groups -OCH3 is 1. The molecule has 0 saturated heterocycles. The molecule has 6 heteroatoms. The van der Waals surface area contributed by atoms with Gasteiger partial charge in [0.1, 0.15) is 11.9 Å². The zero-order chi connectivity index (χ0) is 13.8. The highest BCUT2D eigenvalue weighted by Crippen LogP contribution is 2.21. The second-order valence-corrected chi connectivity index (χ2v) is 4.06. The average Bonchev–Trinajstić information content (AvgIpc) is 2.86. The van der Waals surface area contributed by atoms with Gasteiger partial charge < -0.3 is 9.57 Å². The molecule has 98 valence electrons. The van der Waals surface area contributed by atoms with Crippen LogP contribution >= 0.6 is 0 Å². The summed E-state index contributed by atoms with van der Waals surface area (Å²) < 4.78 is 18.3. The van der Waals surface area contributed by atoms with Gasteiger partial charge in [-0.2, -0.15) is 5.26 Å². The molecule has 0 aromatic heterocycles. The van der Waals surface area contributed by atoms with Crippen LogP contribution in [0.25, 0.3) is 0 Å². The Hall–Kier alpha value is -2.42. The molecule has 1 aliphatic heterocycles. The van der Waals surface area contributed by atoms with E-state index in [2.05, 4.69) is 9.89 Å². The van der Waals surface area contributed by atoms with Crippen LogP contribution in [0.4, 0.5) is 4.39 Å². The third-order valence-electron chi connectivity index (χ3n) is 2.76. The van der Waals surface area contributed by atoms with Gasteiger partial charge in [0, 0.05) is 12.0 Å². The van der Waals surface area contributed by atoms with E-state index >= 15 is 0 Å². The number of hydrogen-bond acceptors (Lipinski definition) is 5. The molecule has 0 spiro atoms. The van der Waals surface area contributed by atoms with Crippen molar-refractivity contribution >= 4 is 11.7 Å². The van der Waals surface area contributed by atoms with Gasteiger partial charge in [-0.3, -0.25) is 4.79 Å². The molecule has 5 nitrogen and oxygen atoms in total. The van der Waals surface area contributed by atoms with Crippen LogP contribution < -0.4 is 0 Å². The lowest BCUT2D eigenvalue weighted by molar-refractivity contribution is -0.143. The summed E-state index contributed by atoms with van der Waals surface area (Å²) in [6.45, 7) is 0. The Labute approximate surface area is 109 Å². The lowest BCUT2D eigenvalue weighted by Crippen LogP contribution is -2.15. The summed E-state index contributed by atoms with van der Waals surface area (Å²) in [5.41, 5.74) is 0.953.